The molecule has 172 valence electrons. The molecule has 2 N–H and O–H groups in total. The number of H-pyrrole nitrogens is 1. The van der Waals surface area contributed by atoms with Gasteiger partial charge in [-0.2, -0.15) is 0 Å². The molecule has 0 aliphatic rings. The second-order valence-corrected chi connectivity index (χ2v) is 7.81. The lowest BCUT2D eigenvalue weighted by Crippen LogP contribution is -2.27. The number of nitrogens with zero attached hydrogens (tertiary/aromatic N) is 2. The molecule has 2 aromatic heterocycles. The minimum absolute atomic E-state index is 0.152. The van der Waals surface area contributed by atoms with Gasteiger partial charge in [-0.05, 0) is 50.6 Å². The molecule has 0 saturated carbocycles. The normalized spacial score (nSPS) is 11.1. The van der Waals surface area contributed by atoms with Crippen molar-refractivity contribution in [1.82, 2.24) is 19.9 Å². The van der Waals surface area contributed by atoms with E-state index in [9.17, 15) is 9.59 Å². The maximum absolute atomic E-state index is 12.9. The molecular weight excluding hydrogens is 420 g/mol. The highest BCUT2D eigenvalue weighted by molar-refractivity contribution is 6.04. The third kappa shape index (κ3) is 4.84. The first-order valence-electron chi connectivity index (χ1n) is 11.1. The third-order valence-electron chi connectivity index (χ3n) is 5.40. The molecule has 0 aliphatic carbocycles. The van der Waals surface area contributed by atoms with E-state index in [1.807, 2.05) is 57.2 Å². The molecule has 8 heteroatoms. The topological polar surface area (TPSA) is 98.2 Å². The zero-order valence-electron chi connectivity index (χ0n) is 19.1. The van der Waals surface area contributed by atoms with Crippen molar-refractivity contribution in [2.45, 2.75) is 40.3 Å². The standard InChI is InChI=1S/C25H28N4O4/c1-4-32-20-9-7-17(13-21(20)33-5-2)14-26-22(30)10-11-29-15-27-23-18-12-16(3)6-8-19(18)28-24(23)25(29)31/h6-9,12-13,15,28H,4-5,10-11,14H2,1-3H3,(H,26,30). The zero-order chi connectivity index (χ0) is 23.4. The molecular formula is C25H28N4O4. The molecule has 4 rings (SSSR count). The Morgan fingerprint density at radius 3 is 2.67 bits per heavy atom. The van der Waals surface area contributed by atoms with E-state index in [4.69, 9.17) is 9.47 Å². The van der Waals surface area contributed by atoms with Crippen molar-refractivity contribution in [2.75, 3.05) is 13.2 Å². The van der Waals surface area contributed by atoms with Crippen LogP contribution in [0.25, 0.3) is 21.9 Å². The molecule has 8 nitrogen and oxygen atoms in total. The Morgan fingerprint density at radius 2 is 1.88 bits per heavy atom. The Kier molecular flexibility index (Phi) is 6.63. The first-order chi connectivity index (χ1) is 16.0. The molecule has 1 amide bonds. The zero-order valence-corrected chi connectivity index (χ0v) is 19.1. The van der Waals surface area contributed by atoms with Crippen molar-refractivity contribution < 1.29 is 14.3 Å². The SMILES string of the molecule is CCOc1ccc(CNC(=O)CCn2cnc3c([nH]c4ccc(C)cc43)c2=O)cc1OCC. The van der Waals surface area contributed by atoms with Crippen LogP contribution >= 0.6 is 0 Å². The Labute approximate surface area is 191 Å². The van der Waals surface area contributed by atoms with Crippen LogP contribution in [-0.2, 0) is 17.9 Å². The molecule has 2 aromatic carbocycles. The lowest BCUT2D eigenvalue weighted by molar-refractivity contribution is -0.121. The summed E-state index contributed by atoms with van der Waals surface area (Å²) < 4.78 is 12.7. The molecule has 0 atom stereocenters. The van der Waals surface area contributed by atoms with Crippen LogP contribution < -0.4 is 20.3 Å². The van der Waals surface area contributed by atoms with Gasteiger partial charge in [0.15, 0.2) is 11.5 Å². The lowest BCUT2D eigenvalue weighted by atomic mass is 10.2. The molecule has 4 aromatic rings. The number of aromatic nitrogens is 3. The van der Waals surface area contributed by atoms with Crippen molar-refractivity contribution in [1.29, 1.82) is 0 Å². The van der Waals surface area contributed by atoms with Crippen molar-refractivity contribution in [3.8, 4) is 11.5 Å². The fourth-order valence-corrected chi connectivity index (χ4v) is 3.78. The minimum atomic E-state index is -0.186. The van der Waals surface area contributed by atoms with E-state index in [-0.39, 0.29) is 24.4 Å². The summed E-state index contributed by atoms with van der Waals surface area (Å²) in [6.45, 7) is 7.52. The number of ether oxygens (including phenoxy) is 2. The Bertz CT molecular complexity index is 1360. The minimum Gasteiger partial charge on any atom is -0.490 e. The number of nitrogens with one attached hydrogen (secondary N) is 2. The van der Waals surface area contributed by atoms with Gasteiger partial charge in [0.1, 0.15) is 11.0 Å². The van der Waals surface area contributed by atoms with Crippen LogP contribution in [0.2, 0.25) is 0 Å². The van der Waals surface area contributed by atoms with Crippen LogP contribution in [0.15, 0.2) is 47.5 Å². The Balaban J connectivity index is 1.41. The average molecular weight is 449 g/mol. The molecule has 33 heavy (non-hydrogen) atoms. The third-order valence-corrected chi connectivity index (χ3v) is 5.40. The van der Waals surface area contributed by atoms with Gasteiger partial charge in [-0.25, -0.2) is 4.98 Å². The number of aryl methyl sites for hydroxylation is 2. The van der Waals surface area contributed by atoms with Gasteiger partial charge in [-0.15, -0.1) is 0 Å². The van der Waals surface area contributed by atoms with Crippen LogP contribution in [0, 0.1) is 6.92 Å². The summed E-state index contributed by atoms with van der Waals surface area (Å²) in [7, 11) is 0. The number of carbonyl (C=O) groups excluding carboxylic acids is 1. The number of rotatable bonds is 9. The largest absolute Gasteiger partial charge is 0.490 e. The van der Waals surface area contributed by atoms with E-state index in [1.165, 1.54) is 10.9 Å². The number of aromatic amines is 1. The van der Waals surface area contributed by atoms with Gasteiger partial charge in [0, 0.05) is 30.4 Å². The summed E-state index contributed by atoms with van der Waals surface area (Å²) >= 11 is 0. The molecule has 0 saturated heterocycles. The second kappa shape index (κ2) is 9.77. The van der Waals surface area contributed by atoms with Crippen LogP contribution in [0.5, 0.6) is 11.5 Å². The van der Waals surface area contributed by atoms with E-state index in [2.05, 4.69) is 15.3 Å². The fourth-order valence-electron chi connectivity index (χ4n) is 3.78. The van der Waals surface area contributed by atoms with Gasteiger partial charge >= 0.3 is 0 Å². The van der Waals surface area contributed by atoms with Crippen molar-refractivity contribution in [2.24, 2.45) is 0 Å². The van der Waals surface area contributed by atoms with E-state index in [0.717, 1.165) is 22.0 Å². The van der Waals surface area contributed by atoms with E-state index in [0.29, 0.717) is 42.3 Å². The van der Waals surface area contributed by atoms with Gasteiger partial charge in [-0.3, -0.25) is 14.2 Å². The Morgan fingerprint density at radius 1 is 1.09 bits per heavy atom. The maximum Gasteiger partial charge on any atom is 0.277 e. The molecule has 0 spiro atoms. The first-order valence-corrected chi connectivity index (χ1v) is 11.1. The van der Waals surface area contributed by atoms with Gasteiger partial charge < -0.3 is 19.8 Å². The second-order valence-electron chi connectivity index (χ2n) is 7.81. The quantitative estimate of drug-likeness (QED) is 0.407. The van der Waals surface area contributed by atoms with E-state index >= 15 is 0 Å². The van der Waals surface area contributed by atoms with E-state index < -0.39 is 0 Å². The molecule has 0 unspecified atom stereocenters. The molecule has 2 heterocycles. The summed E-state index contributed by atoms with van der Waals surface area (Å²) in [5.74, 6) is 1.19. The summed E-state index contributed by atoms with van der Waals surface area (Å²) in [5, 5.41) is 3.82. The number of amides is 1. The van der Waals surface area contributed by atoms with Crippen LogP contribution in [-0.4, -0.2) is 33.7 Å². The summed E-state index contributed by atoms with van der Waals surface area (Å²) in [4.78, 5) is 32.9. The van der Waals surface area contributed by atoms with Crippen molar-refractivity contribution in [3.05, 3.63) is 64.2 Å². The summed E-state index contributed by atoms with van der Waals surface area (Å²) in [6, 6.07) is 11.6. The predicted octanol–water partition coefficient (Wildman–Crippen LogP) is 3.69. The fraction of sp³-hybridized carbons (Fsp3) is 0.320. The average Bonchev–Trinajstić information content (AvgIpc) is 3.17. The van der Waals surface area contributed by atoms with Crippen LogP contribution in [0.3, 0.4) is 0 Å². The number of carbonyl (C=O) groups is 1. The maximum atomic E-state index is 12.9. The van der Waals surface area contributed by atoms with Gasteiger partial charge in [0.25, 0.3) is 5.56 Å². The van der Waals surface area contributed by atoms with Gasteiger partial charge in [0.2, 0.25) is 5.91 Å². The Hall–Kier alpha value is -3.81. The number of fused-ring (bicyclic) bond motifs is 3. The van der Waals surface area contributed by atoms with Crippen molar-refractivity contribution in [3.63, 3.8) is 0 Å². The monoisotopic (exact) mass is 448 g/mol. The highest BCUT2D eigenvalue weighted by Gasteiger charge is 2.12. The lowest BCUT2D eigenvalue weighted by Gasteiger charge is -2.13. The smallest absolute Gasteiger partial charge is 0.277 e. The molecule has 0 bridgehead atoms. The number of hydrogen-bond acceptors (Lipinski definition) is 5. The molecule has 0 fully saturated rings. The predicted molar refractivity (Wildman–Crippen MR) is 128 cm³/mol. The number of benzene rings is 2. The van der Waals surface area contributed by atoms with Crippen molar-refractivity contribution >= 4 is 27.8 Å². The summed E-state index contributed by atoms with van der Waals surface area (Å²) in [6.07, 6.45) is 1.68. The molecule has 0 radical (unpaired) electrons. The van der Waals surface area contributed by atoms with Crippen LogP contribution in [0.1, 0.15) is 31.4 Å². The molecule has 0 aliphatic heterocycles. The highest BCUT2D eigenvalue weighted by Crippen LogP contribution is 2.28. The first kappa shape index (κ1) is 22.4. The van der Waals surface area contributed by atoms with Gasteiger partial charge in [0.05, 0.1) is 19.5 Å². The van der Waals surface area contributed by atoms with E-state index in [1.54, 1.807) is 0 Å². The summed E-state index contributed by atoms with van der Waals surface area (Å²) in [5.41, 5.74) is 3.80. The van der Waals surface area contributed by atoms with Crippen LogP contribution in [0.4, 0.5) is 0 Å². The highest BCUT2D eigenvalue weighted by atomic mass is 16.5. The number of hydrogen-bond donors (Lipinski definition) is 2. The van der Waals surface area contributed by atoms with Gasteiger partial charge in [-0.1, -0.05) is 17.7 Å².